The molecule has 3 heteroatoms. The highest BCUT2D eigenvalue weighted by Gasteiger charge is 1.96. The van der Waals surface area contributed by atoms with Crippen molar-refractivity contribution in [3.8, 4) is 11.5 Å². The van der Waals surface area contributed by atoms with Gasteiger partial charge in [0.15, 0.2) is 0 Å². The fraction of sp³-hybridized carbons (Fsp3) is 0.0769. The normalized spacial score (nSPS) is 10.0. The summed E-state index contributed by atoms with van der Waals surface area (Å²) in [6, 6.07) is 14.2. The third-order valence-corrected chi connectivity index (χ3v) is 2.22. The number of hydrogen-bond acceptors (Lipinski definition) is 3. The second-order valence-corrected chi connectivity index (χ2v) is 3.52. The molecule has 3 N–H and O–H groups in total. The lowest BCUT2D eigenvalue weighted by atomic mass is 10.2. The predicted octanol–water partition coefficient (Wildman–Crippen LogP) is 2.55. The molecule has 0 radical (unpaired) electrons. The minimum absolute atomic E-state index is 0.236. The van der Waals surface area contributed by atoms with Crippen molar-refractivity contribution in [2.45, 2.75) is 6.61 Å². The Labute approximate surface area is 94.1 Å². The monoisotopic (exact) mass is 215 g/mol. The second-order valence-electron chi connectivity index (χ2n) is 3.52. The van der Waals surface area contributed by atoms with Crippen molar-refractivity contribution in [1.29, 1.82) is 0 Å². The van der Waals surface area contributed by atoms with Crippen molar-refractivity contribution in [3.05, 3.63) is 54.1 Å². The average Bonchev–Trinajstić information content (AvgIpc) is 2.30. The van der Waals surface area contributed by atoms with Crippen LogP contribution in [0.5, 0.6) is 11.5 Å². The Kier molecular flexibility index (Phi) is 2.96. The quantitative estimate of drug-likeness (QED) is 0.773. The Balaban J connectivity index is 1.97. The molecule has 0 aliphatic rings. The van der Waals surface area contributed by atoms with Gasteiger partial charge < -0.3 is 15.6 Å². The molecule has 0 unspecified atom stereocenters. The number of anilines is 1. The maximum Gasteiger partial charge on any atom is 0.120 e. The van der Waals surface area contributed by atoms with Crippen LogP contribution in [-0.2, 0) is 6.61 Å². The lowest BCUT2D eigenvalue weighted by molar-refractivity contribution is 0.305. The molecule has 2 aromatic rings. The zero-order valence-electron chi connectivity index (χ0n) is 8.76. The van der Waals surface area contributed by atoms with E-state index in [1.165, 1.54) is 0 Å². The minimum atomic E-state index is 0.236. The molecule has 0 amide bonds. The summed E-state index contributed by atoms with van der Waals surface area (Å²) in [6.45, 7) is 0.491. The van der Waals surface area contributed by atoms with Crippen LogP contribution < -0.4 is 10.5 Å². The molecule has 0 aromatic heterocycles. The fourth-order valence-corrected chi connectivity index (χ4v) is 1.32. The second kappa shape index (κ2) is 4.57. The molecular formula is C13H13NO2. The van der Waals surface area contributed by atoms with Gasteiger partial charge in [-0.2, -0.15) is 0 Å². The van der Waals surface area contributed by atoms with Crippen LogP contribution in [0.4, 0.5) is 5.69 Å². The molecule has 3 nitrogen and oxygen atoms in total. The highest BCUT2D eigenvalue weighted by molar-refractivity contribution is 5.39. The van der Waals surface area contributed by atoms with Crippen molar-refractivity contribution < 1.29 is 9.84 Å². The fourth-order valence-electron chi connectivity index (χ4n) is 1.32. The highest BCUT2D eigenvalue weighted by Crippen LogP contribution is 2.17. The number of benzene rings is 2. The van der Waals surface area contributed by atoms with Gasteiger partial charge in [0.25, 0.3) is 0 Å². The topological polar surface area (TPSA) is 55.5 Å². The van der Waals surface area contributed by atoms with Gasteiger partial charge in [-0.15, -0.1) is 0 Å². The van der Waals surface area contributed by atoms with Gasteiger partial charge in [0.05, 0.1) is 0 Å². The van der Waals surface area contributed by atoms with Crippen LogP contribution in [0.25, 0.3) is 0 Å². The maximum atomic E-state index is 9.10. The summed E-state index contributed by atoms with van der Waals surface area (Å²) in [7, 11) is 0. The molecule has 0 fully saturated rings. The number of phenols is 1. The van der Waals surface area contributed by atoms with Gasteiger partial charge in [0, 0.05) is 5.69 Å². The van der Waals surface area contributed by atoms with Gasteiger partial charge in [-0.25, -0.2) is 0 Å². The third kappa shape index (κ3) is 2.67. The Bertz CT molecular complexity index is 403. The van der Waals surface area contributed by atoms with Gasteiger partial charge in [-0.1, -0.05) is 12.1 Å². The predicted molar refractivity (Wildman–Crippen MR) is 63.3 cm³/mol. The van der Waals surface area contributed by atoms with Crippen molar-refractivity contribution >= 4 is 5.69 Å². The SMILES string of the molecule is Nc1ccc(COc2ccc(O)cc2)cc1. The first kappa shape index (κ1) is 10.4. The molecule has 2 aromatic carbocycles. The van der Waals surface area contributed by atoms with E-state index in [2.05, 4.69) is 0 Å². The van der Waals surface area contributed by atoms with Gasteiger partial charge in [-0.3, -0.25) is 0 Å². The summed E-state index contributed by atoms with van der Waals surface area (Å²) in [4.78, 5) is 0. The van der Waals surface area contributed by atoms with Gasteiger partial charge in [0.2, 0.25) is 0 Å². The molecule has 0 aliphatic heterocycles. The summed E-state index contributed by atoms with van der Waals surface area (Å²) in [5.74, 6) is 0.967. The maximum absolute atomic E-state index is 9.10. The van der Waals surface area contributed by atoms with E-state index in [9.17, 15) is 0 Å². The van der Waals surface area contributed by atoms with Crippen molar-refractivity contribution in [3.63, 3.8) is 0 Å². The molecule has 0 atom stereocenters. The standard InChI is InChI=1S/C13H13NO2/c14-11-3-1-10(2-4-11)9-16-13-7-5-12(15)6-8-13/h1-8,15H,9,14H2. The molecule has 0 aliphatic carbocycles. The van der Waals surface area contributed by atoms with Gasteiger partial charge in [-0.05, 0) is 42.0 Å². The molecule has 0 bridgehead atoms. The summed E-state index contributed by atoms with van der Waals surface area (Å²) >= 11 is 0. The smallest absolute Gasteiger partial charge is 0.120 e. The summed E-state index contributed by atoms with van der Waals surface area (Å²) < 4.78 is 5.53. The van der Waals surface area contributed by atoms with Crippen LogP contribution in [-0.4, -0.2) is 5.11 Å². The van der Waals surface area contributed by atoms with E-state index in [1.54, 1.807) is 24.3 Å². The Morgan fingerprint density at radius 3 is 2.19 bits per heavy atom. The zero-order valence-corrected chi connectivity index (χ0v) is 8.76. The first-order chi connectivity index (χ1) is 7.74. The number of rotatable bonds is 3. The molecule has 16 heavy (non-hydrogen) atoms. The Morgan fingerprint density at radius 1 is 0.938 bits per heavy atom. The van der Waals surface area contributed by atoms with Crippen LogP contribution in [0.3, 0.4) is 0 Å². The number of ether oxygens (including phenoxy) is 1. The van der Waals surface area contributed by atoms with Crippen molar-refractivity contribution in [2.24, 2.45) is 0 Å². The first-order valence-corrected chi connectivity index (χ1v) is 5.00. The van der Waals surface area contributed by atoms with E-state index in [-0.39, 0.29) is 5.75 Å². The molecule has 82 valence electrons. The Hall–Kier alpha value is -2.16. The molecule has 0 saturated heterocycles. The van der Waals surface area contributed by atoms with Crippen LogP contribution in [0.1, 0.15) is 5.56 Å². The molecule has 0 heterocycles. The van der Waals surface area contributed by atoms with E-state index in [0.717, 1.165) is 17.0 Å². The van der Waals surface area contributed by atoms with Crippen LogP contribution in [0.15, 0.2) is 48.5 Å². The van der Waals surface area contributed by atoms with E-state index in [0.29, 0.717) is 6.61 Å². The summed E-state index contributed by atoms with van der Waals surface area (Å²) in [5, 5.41) is 9.10. The molecular weight excluding hydrogens is 202 g/mol. The number of nitrogens with two attached hydrogens (primary N) is 1. The highest BCUT2D eigenvalue weighted by atomic mass is 16.5. The van der Waals surface area contributed by atoms with Crippen molar-refractivity contribution in [2.75, 3.05) is 5.73 Å². The third-order valence-electron chi connectivity index (χ3n) is 2.22. The zero-order chi connectivity index (χ0) is 11.4. The molecule has 0 saturated carbocycles. The van der Waals surface area contributed by atoms with Crippen LogP contribution in [0, 0.1) is 0 Å². The minimum Gasteiger partial charge on any atom is -0.508 e. The van der Waals surface area contributed by atoms with E-state index < -0.39 is 0 Å². The largest absolute Gasteiger partial charge is 0.508 e. The number of nitrogen functional groups attached to an aromatic ring is 1. The first-order valence-electron chi connectivity index (χ1n) is 5.00. The van der Waals surface area contributed by atoms with Gasteiger partial charge >= 0.3 is 0 Å². The molecule has 0 spiro atoms. The summed E-state index contributed by atoms with van der Waals surface area (Å²) in [5.41, 5.74) is 7.38. The number of phenolic OH excluding ortho intramolecular Hbond substituents is 1. The van der Waals surface area contributed by atoms with Crippen LogP contribution >= 0.6 is 0 Å². The average molecular weight is 215 g/mol. The van der Waals surface area contributed by atoms with Gasteiger partial charge in [0.1, 0.15) is 18.1 Å². The van der Waals surface area contributed by atoms with E-state index >= 15 is 0 Å². The lowest BCUT2D eigenvalue weighted by Gasteiger charge is -2.06. The Morgan fingerprint density at radius 2 is 1.56 bits per heavy atom. The van der Waals surface area contributed by atoms with Crippen molar-refractivity contribution in [1.82, 2.24) is 0 Å². The van der Waals surface area contributed by atoms with E-state index in [4.69, 9.17) is 15.6 Å². The van der Waals surface area contributed by atoms with E-state index in [1.807, 2.05) is 24.3 Å². The number of aromatic hydroxyl groups is 1. The van der Waals surface area contributed by atoms with Crippen LogP contribution in [0.2, 0.25) is 0 Å². The summed E-state index contributed by atoms with van der Waals surface area (Å²) in [6.07, 6.45) is 0. The number of hydrogen-bond donors (Lipinski definition) is 2. The molecule has 2 rings (SSSR count). The lowest BCUT2D eigenvalue weighted by Crippen LogP contribution is -1.95.